The number of nitrogens with one attached hydrogen (secondary N) is 1. The van der Waals surface area contributed by atoms with Crippen molar-refractivity contribution in [2.75, 3.05) is 5.32 Å². The lowest BCUT2D eigenvalue weighted by Crippen LogP contribution is -2.13. The van der Waals surface area contributed by atoms with Gasteiger partial charge in [-0.25, -0.2) is 9.97 Å². The van der Waals surface area contributed by atoms with E-state index in [0.29, 0.717) is 17.1 Å². The van der Waals surface area contributed by atoms with E-state index in [0.717, 1.165) is 35.2 Å². The van der Waals surface area contributed by atoms with E-state index in [4.69, 9.17) is 0 Å². The second kappa shape index (κ2) is 7.35. The van der Waals surface area contributed by atoms with Crippen molar-refractivity contribution in [3.63, 3.8) is 0 Å². The minimum atomic E-state index is -4.44. The number of hydrogen-bond acceptors (Lipinski definition) is 3. The number of carbonyl (C=O) groups is 1. The Morgan fingerprint density at radius 3 is 2.41 bits per heavy atom. The van der Waals surface area contributed by atoms with Crippen LogP contribution in [0.5, 0.6) is 0 Å². The van der Waals surface area contributed by atoms with E-state index in [-0.39, 0.29) is 5.56 Å². The van der Waals surface area contributed by atoms with E-state index in [9.17, 15) is 18.0 Å². The van der Waals surface area contributed by atoms with Gasteiger partial charge in [-0.05, 0) is 42.5 Å². The van der Waals surface area contributed by atoms with Gasteiger partial charge < -0.3 is 5.32 Å². The number of para-hydroxylation sites is 1. The van der Waals surface area contributed by atoms with Gasteiger partial charge in [0.25, 0.3) is 5.91 Å². The molecular weight excluding hydrogens is 379 g/mol. The molecule has 4 rings (SSSR count). The number of carbonyl (C=O) groups excluding carboxylic acids is 1. The summed E-state index contributed by atoms with van der Waals surface area (Å²) < 4.78 is 38.0. The SMILES string of the molecule is O=C(Nc1cccc(-c2ncc3ccccc3n2)c1)c1ccc(C(F)(F)F)cc1. The number of amides is 1. The molecule has 0 unspecified atom stereocenters. The van der Waals surface area contributed by atoms with Crippen molar-refractivity contribution in [3.05, 3.63) is 90.1 Å². The Bertz CT molecular complexity index is 1190. The first-order valence-corrected chi connectivity index (χ1v) is 8.71. The summed E-state index contributed by atoms with van der Waals surface area (Å²) in [6.07, 6.45) is -2.71. The third-order valence-corrected chi connectivity index (χ3v) is 4.34. The topological polar surface area (TPSA) is 54.9 Å². The molecule has 7 heteroatoms. The molecule has 0 saturated heterocycles. The number of aromatic nitrogens is 2. The maximum Gasteiger partial charge on any atom is 0.416 e. The Morgan fingerprint density at radius 2 is 1.66 bits per heavy atom. The molecule has 1 aromatic heterocycles. The third kappa shape index (κ3) is 4.08. The van der Waals surface area contributed by atoms with Crippen molar-refractivity contribution in [2.45, 2.75) is 6.18 Å². The summed E-state index contributed by atoms with van der Waals surface area (Å²) in [4.78, 5) is 21.3. The molecule has 0 bridgehead atoms. The predicted molar refractivity (Wildman–Crippen MR) is 104 cm³/mol. The molecule has 29 heavy (non-hydrogen) atoms. The molecule has 1 heterocycles. The fourth-order valence-electron chi connectivity index (χ4n) is 2.86. The summed E-state index contributed by atoms with van der Waals surface area (Å²) >= 11 is 0. The number of alkyl halides is 3. The van der Waals surface area contributed by atoms with E-state index in [1.54, 1.807) is 24.4 Å². The summed E-state index contributed by atoms with van der Waals surface area (Å²) in [5.74, 6) is 0.00429. The zero-order valence-corrected chi connectivity index (χ0v) is 14.9. The summed E-state index contributed by atoms with van der Waals surface area (Å²) in [5.41, 5.74) is 1.33. The average molecular weight is 393 g/mol. The highest BCUT2D eigenvalue weighted by molar-refractivity contribution is 6.04. The molecule has 1 amide bonds. The summed E-state index contributed by atoms with van der Waals surface area (Å²) in [6.45, 7) is 0. The molecule has 0 radical (unpaired) electrons. The van der Waals surface area contributed by atoms with E-state index in [2.05, 4.69) is 15.3 Å². The first kappa shape index (κ1) is 18.6. The van der Waals surface area contributed by atoms with Crippen LogP contribution in [0, 0.1) is 0 Å². The first-order valence-electron chi connectivity index (χ1n) is 8.71. The highest BCUT2D eigenvalue weighted by Gasteiger charge is 2.30. The van der Waals surface area contributed by atoms with Gasteiger partial charge in [-0.2, -0.15) is 13.2 Å². The minimum Gasteiger partial charge on any atom is -0.322 e. The number of benzene rings is 3. The zero-order valence-electron chi connectivity index (χ0n) is 14.9. The van der Waals surface area contributed by atoms with Crippen LogP contribution in [0.4, 0.5) is 18.9 Å². The lowest BCUT2D eigenvalue weighted by Gasteiger charge is -2.09. The second-order valence-corrected chi connectivity index (χ2v) is 6.36. The van der Waals surface area contributed by atoms with E-state index < -0.39 is 17.6 Å². The van der Waals surface area contributed by atoms with Crippen molar-refractivity contribution in [2.24, 2.45) is 0 Å². The number of nitrogens with zero attached hydrogens (tertiary/aromatic N) is 2. The predicted octanol–water partition coefficient (Wildman–Crippen LogP) is 5.57. The van der Waals surface area contributed by atoms with E-state index >= 15 is 0 Å². The molecule has 0 aliphatic rings. The summed E-state index contributed by atoms with van der Waals surface area (Å²) in [5, 5.41) is 3.61. The highest BCUT2D eigenvalue weighted by Crippen LogP contribution is 2.29. The molecule has 3 aromatic carbocycles. The first-order chi connectivity index (χ1) is 13.9. The Hall–Kier alpha value is -3.74. The Labute approximate surface area is 164 Å². The second-order valence-electron chi connectivity index (χ2n) is 6.36. The van der Waals surface area contributed by atoms with Crippen LogP contribution in [0.15, 0.2) is 79.0 Å². The standard InChI is InChI=1S/C22H14F3N3O/c23-22(24,25)17-10-8-14(9-11-17)21(29)27-18-6-3-5-15(12-18)20-26-13-16-4-1-2-7-19(16)28-20/h1-13H,(H,27,29). The number of fused-ring (bicyclic) bond motifs is 1. The number of anilines is 1. The number of halogens is 3. The molecule has 0 spiro atoms. The fourth-order valence-corrected chi connectivity index (χ4v) is 2.86. The summed E-state index contributed by atoms with van der Waals surface area (Å²) in [6, 6.07) is 18.6. The Kier molecular flexibility index (Phi) is 4.72. The van der Waals surface area contributed by atoms with Gasteiger partial charge in [0.1, 0.15) is 0 Å². The molecule has 0 aliphatic carbocycles. The van der Waals surface area contributed by atoms with Crippen LogP contribution in [-0.2, 0) is 6.18 Å². The van der Waals surface area contributed by atoms with Crippen LogP contribution in [0.1, 0.15) is 15.9 Å². The van der Waals surface area contributed by atoms with Crippen molar-refractivity contribution in [3.8, 4) is 11.4 Å². The fraction of sp³-hybridized carbons (Fsp3) is 0.0455. The van der Waals surface area contributed by atoms with Crippen molar-refractivity contribution in [1.82, 2.24) is 9.97 Å². The zero-order chi connectivity index (χ0) is 20.4. The van der Waals surface area contributed by atoms with Gasteiger partial charge >= 0.3 is 6.18 Å². The van der Waals surface area contributed by atoms with Gasteiger partial charge in [0, 0.05) is 28.4 Å². The van der Waals surface area contributed by atoms with Crippen LogP contribution in [0.2, 0.25) is 0 Å². The molecule has 4 nitrogen and oxygen atoms in total. The van der Waals surface area contributed by atoms with Gasteiger partial charge in [0.2, 0.25) is 0 Å². The van der Waals surface area contributed by atoms with Gasteiger partial charge in [-0.3, -0.25) is 4.79 Å². The van der Waals surface area contributed by atoms with Crippen LogP contribution >= 0.6 is 0 Å². The van der Waals surface area contributed by atoms with Gasteiger partial charge in [-0.1, -0.05) is 30.3 Å². The van der Waals surface area contributed by atoms with E-state index in [1.165, 1.54) is 0 Å². The normalized spacial score (nSPS) is 11.4. The van der Waals surface area contributed by atoms with Crippen molar-refractivity contribution in [1.29, 1.82) is 0 Å². The Morgan fingerprint density at radius 1 is 0.897 bits per heavy atom. The third-order valence-electron chi connectivity index (χ3n) is 4.34. The minimum absolute atomic E-state index is 0.130. The molecule has 0 aliphatic heterocycles. The number of rotatable bonds is 3. The molecule has 0 fully saturated rings. The molecule has 0 saturated carbocycles. The van der Waals surface area contributed by atoms with Gasteiger partial charge in [0.05, 0.1) is 11.1 Å². The lowest BCUT2D eigenvalue weighted by molar-refractivity contribution is -0.137. The monoisotopic (exact) mass is 393 g/mol. The molecule has 4 aromatic rings. The largest absolute Gasteiger partial charge is 0.416 e. The van der Waals surface area contributed by atoms with E-state index in [1.807, 2.05) is 30.3 Å². The number of hydrogen-bond donors (Lipinski definition) is 1. The lowest BCUT2D eigenvalue weighted by atomic mass is 10.1. The molecule has 1 N–H and O–H groups in total. The molecule has 0 atom stereocenters. The van der Waals surface area contributed by atoms with Gasteiger partial charge in [-0.15, -0.1) is 0 Å². The van der Waals surface area contributed by atoms with Gasteiger partial charge in [0.15, 0.2) is 5.82 Å². The Balaban J connectivity index is 1.56. The van der Waals surface area contributed by atoms with Crippen LogP contribution in [-0.4, -0.2) is 15.9 Å². The average Bonchev–Trinajstić information content (AvgIpc) is 2.73. The molecule has 144 valence electrons. The molecular formula is C22H14F3N3O. The van der Waals surface area contributed by atoms with Crippen LogP contribution in [0.3, 0.4) is 0 Å². The van der Waals surface area contributed by atoms with Crippen LogP contribution < -0.4 is 5.32 Å². The maximum atomic E-state index is 12.7. The van der Waals surface area contributed by atoms with Crippen molar-refractivity contribution < 1.29 is 18.0 Å². The van der Waals surface area contributed by atoms with Crippen molar-refractivity contribution >= 4 is 22.5 Å². The summed E-state index contributed by atoms with van der Waals surface area (Å²) in [7, 11) is 0. The highest BCUT2D eigenvalue weighted by atomic mass is 19.4. The maximum absolute atomic E-state index is 12.7. The smallest absolute Gasteiger partial charge is 0.322 e. The van der Waals surface area contributed by atoms with Crippen LogP contribution in [0.25, 0.3) is 22.3 Å². The quantitative estimate of drug-likeness (QED) is 0.495.